The Hall–Kier alpha value is -3.72. The lowest BCUT2D eigenvalue weighted by Gasteiger charge is -2.08. The monoisotopic (exact) mass is 467 g/mol. The summed E-state index contributed by atoms with van der Waals surface area (Å²) in [5, 5.41) is 15.0. The zero-order valence-electron chi connectivity index (χ0n) is 17.5. The fourth-order valence-corrected chi connectivity index (χ4v) is 4.60. The van der Waals surface area contributed by atoms with Gasteiger partial charge < -0.3 is 9.88 Å². The second-order valence-corrected chi connectivity index (χ2v) is 8.44. The van der Waals surface area contributed by atoms with E-state index in [2.05, 4.69) is 5.32 Å². The Bertz CT molecular complexity index is 1350. The number of para-hydroxylation sites is 1. The van der Waals surface area contributed by atoms with Crippen LogP contribution in [0.25, 0.3) is 10.9 Å². The van der Waals surface area contributed by atoms with Gasteiger partial charge in [0.2, 0.25) is 5.91 Å². The lowest BCUT2D eigenvalue weighted by molar-refractivity contribution is -0.387. The highest BCUT2D eigenvalue weighted by Gasteiger charge is 2.18. The average molecular weight is 467 g/mol. The van der Waals surface area contributed by atoms with E-state index in [0.717, 1.165) is 21.9 Å². The number of benzene rings is 3. The summed E-state index contributed by atoms with van der Waals surface area (Å²) in [4.78, 5) is 24.1. The summed E-state index contributed by atoms with van der Waals surface area (Å²) >= 11 is 1.24. The maximum absolute atomic E-state index is 13.7. The molecule has 1 amide bonds. The first-order valence-corrected chi connectivity index (χ1v) is 10.9. The average Bonchev–Trinajstić information content (AvgIpc) is 3.09. The van der Waals surface area contributed by atoms with E-state index >= 15 is 0 Å². The molecule has 1 aromatic heterocycles. The molecule has 0 fully saturated rings. The van der Waals surface area contributed by atoms with E-state index in [1.807, 2.05) is 10.6 Å². The lowest BCUT2D eigenvalue weighted by atomic mass is 10.2. The van der Waals surface area contributed by atoms with Gasteiger partial charge in [0.05, 0.1) is 15.3 Å². The van der Waals surface area contributed by atoms with Gasteiger partial charge in [0, 0.05) is 47.3 Å². The van der Waals surface area contributed by atoms with Crippen LogP contribution in [-0.4, -0.2) is 15.4 Å². The number of carbonyl (C=O) groups excluding carboxylic acids is 1. The van der Waals surface area contributed by atoms with Crippen molar-refractivity contribution in [2.75, 3.05) is 5.32 Å². The van der Waals surface area contributed by atoms with Crippen molar-refractivity contribution >= 4 is 39.9 Å². The molecule has 1 N–H and O–H groups in total. The zero-order valence-corrected chi connectivity index (χ0v) is 18.4. The normalized spacial score (nSPS) is 11.0. The van der Waals surface area contributed by atoms with Crippen LogP contribution in [0.5, 0.6) is 0 Å². The molecule has 0 aliphatic carbocycles. The van der Waals surface area contributed by atoms with Crippen molar-refractivity contribution in [1.82, 2.24) is 4.57 Å². The largest absolute Gasteiger partial charge is 0.342 e. The molecule has 4 rings (SSSR count). The van der Waals surface area contributed by atoms with Crippen molar-refractivity contribution in [1.29, 1.82) is 0 Å². The molecule has 0 aliphatic heterocycles. The molecule has 0 aliphatic rings. The molecule has 0 radical (unpaired) electrons. The van der Waals surface area contributed by atoms with Crippen molar-refractivity contribution in [3.63, 3.8) is 0 Å². The topological polar surface area (TPSA) is 77.2 Å². The predicted octanol–water partition coefficient (Wildman–Crippen LogP) is 6.38. The Morgan fingerprint density at radius 1 is 1.06 bits per heavy atom. The molecule has 0 atom stereocenters. The number of anilines is 1. The van der Waals surface area contributed by atoms with Gasteiger partial charge in [-0.2, -0.15) is 0 Å². The summed E-state index contributed by atoms with van der Waals surface area (Å²) in [6.45, 7) is 1.92. The summed E-state index contributed by atoms with van der Waals surface area (Å²) in [6.07, 6.45) is 2.11. The molecule has 6 nitrogen and oxygen atoms in total. The number of amides is 1. The van der Waals surface area contributed by atoms with E-state index in [-0.39, 0.29) is 18.1 Å². The van der Waals surface area contributed by atoms with Gasteiger partial charge in [0.15, 0.2) is 0 Å². The molecule has 0 unspecified atom stereocenters. The van der Waals surface area contributed by atoms with Crippen LogP contribution < -0.4 is 5.32 Å². The number of nitrogens with zero attached hydrogens (tertiary/aromatic N) is 2. The van der Waals surface area contributed by atoms with Gasteiger partial charge >= 0.3 is 0 Å². The summed E-state index contributed by atoms with van der Waals surface area (Å²) in [7, 11) is 0. The number of nitro groups is 1. The van der Waals surface area contributed by atoms with Gasteiger partial charge in [0.1, 0.15) is 11.6 Å². The molecular formula is C24H19F2N3O3S. The second-order valence-electron chi connectivity index (χ2n) is 7.36. The van der Waals surface area contributed by atoms with Gasteiger partial charge in [0.25, 0.3) is 5.69 Å². The van der Waals surface area contributed by atoms with Crippen LogP contribution in [0.15, 0.2) is 76.7 Å². The van der Waals surface area contributed by atoms with E-state index in [0.29, 0.717) is 22.6 Å². The molecular weight excluding hydrogens is 448 g/mol. The summed E-state index contributed by atoms with van der Waals surface area (Å²) in [5.74, 6) is -1.49. The number of nitrogens with one attached hydrogen (secondary N) is 1. The van der Waals surface area contributed by atoms with Crippen LogP contribution in [0, 0.1) is 21.7 Å². The molecule has 0 bridgehead atoms. The van der Waals surface area contributed by atoms with Crippen LogP contribution in [0.3, 0.4) is 0 Å². The molecule has 0 spiro atoms. The van der Waals surface area contributed by atoms with Crippen LogP contribution >= 0.6 is 11.8 Å². The van der Waals surface area contributed by atoms with Gasteiger partial charge in [-0.05, 0) is 42.0 Å². The maximum atomic E-state index is 13.7. The highest BCUT2D eigenvalue weighted by molar-refractivity contribution is 7.99. The summed E-state index contributed by atoms with van der Waals surface area (Å²) in [6, 6.07) is 15.1. The third-order valence-corrected chi connectivity index (χ3v) is 6.12. The first kappa shape index (κ1) is 22.5. The molecule has 168 valence electrons. The van der Waals surface area contributed by atoms with Gasteiger partial charge in [-0.15, -0.1) is 0 Å². The number of fused-ring (bicyclic) bond motifs is 1. The molecule has 0 saturated carbocycles. The molecule has 9 heteroatoms. The maximum Gasteiger partial charge on any atom is 0.283 e. The Kier molecular flexibility index (Phi) is 6.41. The zero-order chi connectivity index (χ0) is 23.5. The van der Waals surface area contributed by atoms with Crippen molar-refractivity contribution < 1.29 is 18.5 Å². The van der Waals surface area contributed by atoms with Crippen LogP contribution in [-0.2, 0) is 11.3 Å². The van der Waals surface area contributed by atoms with E-state index in [9.17, 15) is 23.7 Å². The van der Waals surface area contributed by atoms with E-state index in [1.165, 1.54) is 30.0 Å². The minimum Gasteiger partial charge on any atom is -0.342 e. The van der Waals surface area contributed by atoms with Gasteiger partial charge in [-0.1, -0.05) is 30.8 Å². The Balaban J connectivity index is 1.80. The second kappa shape index (κ2) is 9.41. The molecule has 0 saturated heterocycles. The smallest absolute Gasteiger partial charge is 0.283 e. The molecule has 4 aromatic rings. The number of rotatable bonds is 7. The number of aromatic nitrogens is 1. The van der Waals surface area contributed by atoms with Crippen molar-refractivity contribution in [2.24, 2.45) is 0 Å². The van der Waals surface area contributed by atoms with Crippen molar-refractivity contribution in [3.05, 3.63) is 94.2 Å². The van der Waals surface area contributed by atoms with Gasteiger partial charge in [-0.25, -0.2) is 8.78 Å². The number of halogens is 2. The van der Waals surface area contributed by atoms with Crippen LogP contribution in [0.1, 0.15) is 18.9 Å². The van der Waals surface area contributed by atoms with Gasteiger partial charge in [-0.3, -0.25) is 14.9 Å². The van der Waals surface area contributed by atoms with E-state index in [1.54, 1.807) is 43.5 Å². The molecule has 33 heavy (non-hydrogen) atoms. The molecule has 3 aromatic carbocycles. The quantitative estimate of drug-likeness (QED) is 0.253. The Morgan fingerprint density at radius 3 is 2.48 bits per heavy atom. The predicted molar refractivity (Wildman–Crippen MR) is 124 cm³/mol. The number of nitro benzene ring substituents is 1. The van der Waals surface area contributed by atoms with Crippen molar-refractivity contribution in [2.45, 2.75) is 29.7 Å². The first-order chi connectivity index (χ1) is 15.8. The minimum atomic E-state index is -0.674. The highest BCUT2D eigenvalue weighted by Crippen LogP contribution is 2.40. The van der Waals surface area contributed by atoms with Crippen LogP contribution in [0.4, 0.5) is 20.2 Å². The molecule has 1 heterocycles. The SMILES string of the molecule is CCC(=O)Nc1ccc2c(Sc3ccccc3[N+](=O)[O-])cn(Cc3cc(F)cc(F)c3)c2c1. The fraction of sp³-hybridized carbons (Fsp3) is 0.125. The summed E-state index contributed by atoms with van der Waals surface area (Å²) < 4.78 is 29.3. The third-order valence-electron chi connectivity index (χ3n) is 5.01. The van der Waals surface area contributed by atoms with E-state index in [4.69, 9.17) is 0 Å². The minimum absolute atomic E-state index is 0.0116. The highest BCUT2D eigenvalue weighted by atomic mass is 32.2. The lowest BCUT2D eigenvalue weighted by Crippen LogP contribution is -2.09. The Morgan fingerprint density at radius 2 is 1.79 bits per heavy atom. The number of hydrogen-bond donors (Lipinski definition) is 1. The Labute approximate surface area is 192 Å². The third kappa shape index (κ3) is 5.04. The fourth-order valence-electron chi connectivity index (χ4n) is 3.51. The van der Waals surface area contributed by atoms with Crippen molar-refractivity contribution in [3.8, 4) is 0 Å². The van der Waals surface area contributed by atoms with E-state index < -0.39 is 16.6 Å². The van der Waals surface area contributed by atoms with Crippen LogP contribution in [0.2, 0.25) is 0 Å². The number of carbonyl (C=O) groups is 1. The summed E-state index contributed by atoms with van der Waals surface area (Å²) in [5.41, 5.74) is 1.72. The first-order valence-electron chi connectivity index (χ1n) is 10.1. The number of hydrogen-bond acceptors (Lipinski definition) is 4. The standard InChI is InChI=1S/C24H19F2N3O3S/c1-2-24(30)27-18-7-8-19-21(12-18)28(13-15-9-16(25)11-17(26)10-15)14-23(19)33-22-6-4-3-5-20(22)29(31)32/h3-12,14H,2,13H2,1H3,(H,27,30).